The van der Waals surface area contributed by atoms with Gasteiger partial charge in [-0.15, -0.1) is 0 Å². The summed E-state index contributed by atoms with van der Waals surface area (Å²) in [6.07, 6.45) is 5.61. The Morgan fingerprint density at radius 3 is 1.26 bits per heavy atom. The highest BCUT2D eigenvalue weighted by Crippen LogP contribution is 2.42. The lowest BCUT2D eigenvalue weighted by Crippen LogP contribution is -2.20. The van der Waals surface area contributed by atoms with Gasteiger partial charge in [0, 0.05) is 167 Å². The van der Waals surface area contributed by atoms with Crippen molar-refractivity contribution in [3.63, 3.8) is 0 Å². The van der Waals surface area contributed by atoms with Gasteiger partial charge in [0.2, 0.25) is 5.91 Å². The Bertz CT molecular complexity index is 3300. The van der Waals surface area contributed by atoms with E-state index in [-0.39, 0.29) is 12.5 Å². The number of phosphoric ester groups is 1. The van der Waals surface area contributed by atoms with Gasteiger partial charge in [0.25, 0.3) is 0 Å². The molecule has 2 N–H and O–H groups in total. The number of allylic oxidation sites excluding steroid dienone is 1. The molecule has 0 bridgehead atoms. The van der Waals surface area contributed by atoms with Crippen LogP contribution in [-0.2, 0) is 18.4 Å². The molecule has 0 fully saturated rings. The lowest BCUT2D eigenvalue weighted by molar-refractivity contribution is -0.118. The zero-order valence-corrected chi connectivity index (χ0v) is 34.1. The first kappa shape index (κ1) is 51.7. The predicted octanol–water partition coefficient (Wildman–Crippen LogP) is 3.89. The van der Waals surface area contributed by atoms with E-state index >= 15 is 0 Å². The molecule has 1 atom stereocenters. The molecule has 7 heteroatoms. The van der Waals surface area contributed by atoms with Crippen LogP contribution in [0.4, 0.5) is 0 Å². The number of carbonyl (C=O) groups is 1. The molecule has 0 aromatic carbocycles. The zero-order valence-electron chi connectivity index (χ0n) is 33.2. The molecule has 62 heavy (non-hydrogen) atoms. The van der Waals surface area contributed by atoms with Gasteiger partial charge in [0.15, 0.2) is 0 Å². The standard InChI is InChI=1S/C55H24NO5P/c1-4-6-7-8-39-44-49-55(5-2)50-45-40-37-35-33-31-29-27-25-23-21-19-17-15-13-11-9-10-12-14-16-18-20-22-24-26-28-30-32-34-36-38-42-47-52-60-62(58,59)61-53-48-43-41-46-51-56-54(3)57/h1,5,41,43,46,48,51,53H2,2-3H3,(H,56,57)(H,58,59). The van der Waals surface area contributed by atoms with Crippen LogP contribution in [0.2, 0.25) is 0 Å². The average Bonchev–Trinajstić information content (AvgIpc) is 3.25. The predicted molar refractivity (Wildman–Crippen MR) is 238 cm³/mol. The molecule has 0 heterocycles. The zero-order chi connectivity index (χ0) is 45.1. The number of carbonyl (C=O) groups excluding carboxylic acids is 1. The summed E-state index contributed by atoms with van der Waals surface area (Å²) in [6.45, 7) is 7.34. The average molecular weight is 810 g/mol. The first-order valence-electron chi connectivity index (χ1n) is 17.2. The first-order chi connectivity index (χ1) is 30.4. The number of nitrogens with one attached hydrogen (secondary N) is 1. The van der Waals surface area contributed by atoms with E-state index in [9.17, 15) is 14.3 Å². The fourth-order valence-corrected chi connectivity index (χ4v) is 3.29. The second-order valence-electron chi connectivity index (χ2n) is 9.53. The highest BCUT2D eigenvalue weighted by molar-refractivity contribution is 7.47. The van der Waals surface area contributed by atoms with Gasteiger partial charge in [-0.1, -0.05) is 25.5 Å². The Kier molecular flexibility index (Phi) is 34.9. The number of rotatable bonds is 10. The van der Waals surface area contributed by atoms with Crippen molar-refractivity contribution in [2.75, 3.05) is 13.2 Å². The Morgan fingerprint density at radius 1 is 0.516 bits per heavy atom. The first-order valence-corrected chi connectivity index (χ1v) is 18.7. The highest BCUT2D eigenvalue weighted by Gasteiger charge is 2.20. The monoisotopic (exact) mass is 809 g/mol. The smallest absolute Gasteiger partial charge is 0.356 e. The topological polar surface area (TPSA) is 84.9 Å². The Labute approximate surface area is 365 Å². The summed E-state index contributed by atoms with van der Waals surface area (Å²) in [5.41, 5.74) is 18.7. The molecule has 0 saturated carbocycles. The Hall–Kier alpha value is -10.3. The Morgan fingerprint density at radius 2 is 0.871 bits per heavy atom. The molecule has 0 rings (SSSR count). The summed E-state index contributed by atoms with van der Waals surface area (Å²) >= 11 is 0. The van der Waals surface area contributed by atoms with Crippen molar-refractivity contribution in [3.8, 4) is 213 Å². The van der Waals surface area contributed by atoms with E-state index < -0.39 is 7.82 Å². The third-order valence-corrected chi connectivity index (χ3v) is 5.92. The van der Waals surface area contributed by atoms with E-state index in [0.29, 0.717) is 25.0 Å². The van der Waals surface area contributed by atoms with E-state index in [2.05, 4.69) is 264 Å². The number of phosphoric acid groups is 1. The van der Waals surface area contributed by atoms with Crippen molar-refractivity contribution in [1.29, 1.82) is 0 Å². The molecule has 0 aliphatic rings. The van der Waals surface area contributed by atoms with Crippen molar-refractivity contribution in [2.24, 2.45) is 0 Å². The third-order valence-electron chi connectivity index (χ3n) is 5.09. The molecule has 0 aromatic heterocycles. The van der Waals surface area contributed by atoms with Gasteiger partial charge >= 0.3 is 7.82 Å². The summed E-state index contributed by atoms with van der Waals surface area (Å²) < 4.78 is 21.1. The summed E-state index contributed by atoms with van der Waals surface area (Å²) in [4.78, 5) is 20.3. The van der Waals surface area contributed by atoms with Gasteiger partial charge in [-0.2, -0.15) is 0 Å². The van der Waals surface area contributed by atoms with Crippen LogP contribution in [0.3, 0.4) is 0 Å². The molecule has 284 valence electrons. The minimum Gasteiger partial charge on any atom is -0.356 e. The molecular weight excluding hydrogens is 786 g/mol. The van der Waals surface area contributed by atoms with Crippen molar-refractivity contribution < 1.29 is 23.3 Å². The van der Waals surface area contributed by atoms with Crippen LogP contribution in [-0.4, -0.2) is 24.0 Å². The lowest BCUT2D eigenvalue weighted by atomic mass is 10.2. The summed E-state index contributed by atoms with van der Waals surface area (Å²) in [5, 5.41) is 2.69. The van der Waals surface area contributed by atoms with Crippen LogP contribution >= 0.6 is 7.82 Å². The maximum absolute atomic E-state index is 11.7. The van der Waals surface area contributed by atoms with E-state index in [1.807, 2.05) is 13.0 Å². The SMILES string of the molecule is C=C=C=C=C=C=C=C=C(C#CC#CC#CC#CC#CC#CC#CC#CC#CC#CC#CC#CC#CC#CC#CC#CC#CC#COP(=O)(O)OCCCCCCNC(C)=O)CC. The molecular formula is C55H24NO5P. The molecule has 0 aromatic rings. The molecule has 6 nitrogen and oxygen atoms in total. The van der Waals surface area contributed by atoms with Gasteiger partial charge in [0.05, 0.1) is 12.2 Å². The number of amides is 1. The van der Waals surface area contributed by atoms with Crippen LogP contribution in [0.15, 0.2) is 52.3 Å². The summed E-state index contributed by atoms with van der Waals surface area (Å²) in [7, 11) is -4.31. The van der Waals surface area contributed by atoms with Crippen LogP contribution in [0.5, 0.6) is 0 Å². The quantitative estimate of drug-likeness (QED) is 0.152. The van der Waals surface area contributed by atoms with E-state index in [4.69, 9.17) is 4.52 Å². The molecule has 0 saturated heterocycles. The Balaban J connectivity index is 4.60. The lowest BCUT2D eigenvalue weighted by Gasteiger charge is -2.08. The van der Waals surface area contributed by atoms with Gasteiger partial charge in [-0.25, -0.2) is 4.57 Å². The molecule has 0 radical (unpaired) electrons. The summed E-state index contributed by atoms with van der Waals surface area (Å²) in [5.74, 6) is 87.2. The van der Waals surface area contributed by atoms with Gasteiger partial charge in [-0.3, -0.25) is 14.2 Å². The fraction of sp³-hybridized carbons (Fsp3) is 0.164. The van der Waals surface area contributed by atoms with Gasteiger partial charge in [0.1, 0.15) is 6.11 Å². The molecule has 0 spiro atoms. The fourth-order valence-electron chi connectivity index (χ4n) is 2.72. The number of hydrogen-bond donors (Lipinski definition) is 2. The van der Waals surface area contributed by atoms with Crippen molar-refractivity contribution in [2.45, 2.75) is 46.0 Å². The normalized spacial score (nSPS) is 6.95. The van der Waals surface area contributed by atoms with Crippen molar-refractivity contribution in [3.05, 3.63) is 52.3 Å². The van der Waals surface area contributed by atoms with E-state index in [0.717, 1.165) is 19.3 Å². The minimum atomic E-state index is -4.31. The minimum absolute atomic E-state index is 0.0290. The van der Waals surface area contributed by atoms with E-state index in [1.165, 1.54) is 6.92 Å². The number of hydrogen-bond acceptors (Lipinski definition) is 4. The highest BCUT2D eigenvalue weighted by atomic mass is 31.2. The van der Waals surface area contributed by atoms with E-state index in [1.54, 1.807) is 0 Å². The molecule has 1 amide bonds. The number of unbranched alkanes of at least 4 members (excludes halogenated alkanes) is 3. The second kappa shape index (κ2) is 41.9. The van der Waals surface area contributed by atoms with Crippen LogP contribution < -0.4 is 5.32 Å². The second-order valence-corrected chi connectivity index (χ2v) is 10.9. The van der Waals surface area contributed by atoms with Crippen molar-refractivity contribution >= 4 is 13.7 Å². The van der Waals surface area contributed by atoms with Crippen LogP contribution in [0.1, 0.15) is 46.0 Å². The van der Waals surface area contributed by atoms with Gasteiger partial charge in [-0.05, 0) is 114 Å². The summed E-state index contributed by atoms with van der Waals surface area (Å²) in [6, 6.07) is 0. The third kappa shape index (κ3) is 42.4. The molecule has 0 aliphatic heterocycles. The van der Waals surface area contributed by atoms with Crippen molar-refractivity contribution in [1.82, 2.24) is 5.32 Å². The maximum Gasteiger partial charge on any atom is 0.535 e. The molecule has 0 aliphatic carbocycles. The van der Waals surface area contributed by atoms with Crippen LogP contribution in [0, 0.1) is 213 Å². The van der Waals surface area contributed by atoms with Crippen LogP contribution in [0.25, 0.3) is 0 Å². The largest absolute Gasteiger partial charge is 0.535 e. The maximum atomic E-state index is 11.7. The molecule has 1 unspecified atom stereocenters. The van der Waals surface area contributed by atoms with Gasteiger partial charge < -0.3 is 9.84 Å².